The third kappa shape index (κ3) is 9.34. The Balaban J connectivity index is 2.25. The van der Waals surface area contributed by atoms with Gasteiger partial charge in [0.25, 0.3) is 5.91 Å². The molecule has 2 N–H and O–H groups in total. The van der Waals surface area contributed by atoms with Crippen LogP contribution in [-0.4, -0.2) is 37.5 Å². The van der Waals surface area contributed by atoms with Crippen LogP contribution in [0.2, 0.25) is 0 Å². The van der Waals surface area contributed by atoms with Crippen LogP contribution in [0.15, 0.2) is 24.3 Å². The van der Waals surface area contributed by atoms with Crippen LogP contribution in [0.25, 0.3) is 0 Å². The standard InChI is InChI=1S/C18H26N2O5/c1-13(2)12-25-15-7-5-14(6-8-15)18(24)20-11-9-16(21)19-10-3-4-17(22)23/h5-8,13H,3-4,9-12H2,1-2H3,(H,19,21)(H,20,24)(H,22,23)/p-1. The lowest BCUT2D eigenvalue weighted by molar-refractivity contribution is -0.305. The molecule has 7 heteroatoms. The average Bonchev–Trinajstić information content (AvgIpc) is 2.57. The van der Waals surface area contributed by atoms with Gasteiger partial charge in [0, 0.05) is 31.0 Å². The number of carboxylic acids is 1. The molecule has 1 aromatic rings. The number of aliphatic carboxylic acids is 1. The molecule has 0 atom stereocenters. The van der Waals surface area contributed by atoms with Crippen molar-refractivity contribution in [3.8, 4) is 5.75 Å². The maximum atomic E-state index is 12.0. The van der Waals surface area contributed by atoms with E-state index in [1.54, 1.807) is 24.3 Å². The second kappa shape index (κ2) is 11.1. The van der Waals surface area contributed by atoms with E-state index >= 15 is 0 Å². The lowest BCUT2D eigenvalue weighted by Gasteiger charge is -2.10. The topological polar surface area (TPSA) is 108 Å². The zero-order valence-corrected chi connectivity index (χ0v) is 14.7. The summed E-state index contributed by atoms with van der Waals surface area (Å²) in [6, 6.07) is 6.82. The number of rotatable bonds is 11. The molecule has 0 aliphatic rings. The first-order valence-electron chi connectivity index (χ1n) is 8.36. The molecule has 0 aromatic heterocycles. The number of hydrogen-bond donors (Lipinski definition) is 2. The molecule has 1 rings (SSSR count). The summed E-state index contributed by atoms with van der Waals surface area (Å²) in [4.78, 5) is 33.8. The molecule has 0 spiro atoms. The van der Waals surface area contributed by atoms with E-state index in [0.717, 1.165) is 0 Å². The molecule has 0 heterocycles. The number of hydrogen-bond acceptors (Lipinski definition) is 5. The van der Waals surface area contributed by atoms with Gasteiger partial charge in [-0.1, -0.05) is 13.8 Å². The van der Waals surface area contributed by atoms with Gasteiger partial charge in [-0.15, -0.1) is 0 Å². The van der Waals surface area contributed by atoms with Crippen molar-refractivity contribution in [2.24, 2.45) is 5.92 Å². The average molecular weight is 349 g/mol. The number of benzene rings is 1. The molecule has 0 aliphatic heterocycles. The Morgan fingerprint density at radius 1 is 1.04 bits per heavy atom. The van der Waals surface area contributed by atoms with Crippen LogP contribution in [-0.2, 0) is 9.59 Å². The zero-order chi connectivity index (χ0) is 18.7. The quantitative estimate of drug-likeness (QED) is 0.565. The van der Waals surface area contributed by atoms with Gasteiger partial charge in [-0.3, -0.25) is 9.59 Å². The second-order valence-electron chi connectivity index (χ2n) is 6.06. The van der Waals surface area contributed by atoms with Crippen molar-refractivity contribution in [1.82, 2.24) is 10.6 Å². The smallest absolute Gasteiger partial charge is 0.251 e. The third-order valence-electron chi connectivity index (χ3n) is 3.22. The van der Waals surface area contributed by atoms with E-state index in [1.165, 1.54) is 0 Å². The number of amides is 2. The van der Waals surface area contributed by atoms with E-state index in [9.17, 15) is 19.5 Å². The Hall–Kier alpha value is -2.57. The van der Waals surface area contributed by atoms with Crippen LogP contribution in [0.3, 0.4) is 0 Å². The van der Waals surface area contributed by atoms with Crippen molar-refractivity contribution in [3.05, 3.63) is 29.8 Å². The highest BCUT2D eigenvalue weighted by molar-refractivity contribution is 5.94. The third-order valence-corrected chi connectivity index (χ3v) is 3.22. The van der Waals surface area contributed by atoms with Crippen LogP contribution in [0.4, 0.5) is 0 Å². The molecule has 7 nitrogen and oxygen atoms in total. The predicted octanol–water partition coefficient (Wildman–Crippen LogP) is 0.488. The van der Waals surface area contributed by atoms with Gasteiger partial charge in [-0.05, 0) is 43.0 Å². The first-order valence-corrected chi connectivity index (χ1v) is 8.36. The summed E-state index contributed by atoms with van der Waals surface area (Å²) < 4.78 is 5.55. The van der Waals surface area contributed by atoms with Gasteiger partial charge in [0.05, 0.1) is 6.61 Å². The Bertz CT molecular complexity index is 569. The zero-order valence-electron chi connectivity index (χ0n) is 14.7. The Labute approximate surface area is 147 Å². The molecule has 25 heavy (non-hydrogen) atoms. The Morgan fingerprint density at radius 2 is 1.72 bits per heavy atom. The SMILES string of the molecule is CC(C)COc1ccc(C(=O)NCCC(=O)NCCCC(=O)[O-])cc1. The lowest BCUT2D eigenvalue weighted by atomic mass is 10.2. The van der Waals surface area contributed by atoms with Crippen molar-refractivity contribution in [3.63, 3.8) is 0 Å². The van der Waals surface area contributed by atoms with E-state index in [0.29, 0.717) is 30.3 Å². The summed E-state index contributed by atoms with van der Waals surface area (Å²) in [5.41, 5.74) is 0.492. The highest BCUT2D eigenvalue weighted by atomic mass is 16.5. The fourth-order valence-corrected chi connectivity index (χ4v) is 1.91. The minimum absolute atomic E-state index is 0.0894. The fraction of sp³-hybridized carbons (Fsp3) is 0.500. The van der Waals surface area contributed by atoms with Crippen LogP contribution in [0, 0.1) is 5.92 Å². The highest BCUT2D eigenvalue weighted by Gasteiger charge is 2.07. The van der Waals surface area contributed by atoms with Gasteiger partial charge in [-0.25, -0.2) is 0 Å². The first-order chi connectivity index (χ1) is 11.9. The summed E-state index contributed by atoms with van der Waals surface area (Å²) in [6.07, 6.45) is 0.367. The molecular formula is C18H25N2O5-. The van der Waals surface area contributed by atoms with Gasteiger partial charge in [0.15, 0.2) is 0 Å². The number of carbonyl (C=O) groups excluding carboxylic acids is 3. The minimum Gasteiger partial charge on any atom is -0.550 e. The molecule has 0 saturated heterocycles. The maximum absolute atomic E-state index is 12.0. The van der Waals surface area contributed by atoms with Crippen molar-refractivity contribution < 1.29 is 24.2 Å². The molecule has 0 fully saturated rings. The second-order valence-corrected chi connectivity index (χ2v) is 6.06. The largest absolute Gasteiger partial charge is 0.550 e. The molecule has 0 saturated carbocycles. The van der Waals surface area contributed by atoms with E-state index < -0.39 is 5.97 Å². The number of carboxylic acid groups (broad SMARTS) is 1. The summed E-state index contributed by atoms with van der Waals surface area (Å²) in [7, 11) is 0. The highest BCUT2D eigenvalue weighted by Crippen LogP contribution is 2.13. The molecule has 138 valence electrons. The Morgan fingerprint density at radius 3 is 2.32 bits per heavy atom. The number of ether oxygens (including phenoxy) is 1. The van der Waals surface area contributed by atoms with E-state index in [1.807, 2.05) is 0 Å². The molecule has 0 bridgehead atoms. The molecule has 1 aromatic carbocycles. The minimum atomic E-state index is -1.14. The van der Waals surface area contributed by atoms with Gasteiger partial charge >= 0.3 is 0 Å². The van der Waals surface area contributed by atoms with E-state index in [2.05, 4.69) is 24.5 Å². The lowest BCUT2D eigenvalue weighted by Crippen LogP contribution is -2.31. The normalized spacial score (nSPS) is 10.4. The number of nitrogens with one attached hydrogen (secondary N) is 2. The van der Waals surface area contributed by atoms with Crippen LogP contribution in [0.1, 0.15) is 43.5 Å². The molecule has 2 amide bonds. The van der Waals surface area contributed by atoms with Gasteiger partial charge in [-0.2, -0.15) is 0 Å². The van der Waals surface area contributed by atoms with Crippen molar-refractivity contribution in [2.45, 2.75) is 33.1 Å². The molecule has 0 unspecified atom stereocenters. The van der Waals surface area contributed by atoms with E-state index in [-0.39, 0.29) is 37.7 Å². The van der Waals surface area contributed by atoms with E-state index in [4.69, 9.17) is 4.74 Å². The fourth-order valence-electron chi connectivity index (χ4n) is 1.91. The van der Waals surface area contributed by atoms with Crippen LogP contribution >= 0.6 is 0 Å². The summed E-state index contributed by atoms with van der Waals surface area (Å²) >= 11 is 0. The van der Waals surface area contributed by atoms with Crippen LogP contribution < -0.4 is 20.5 Å². The molecule has 0 aliphatic carbocycles. The first kappa shape index (κ1) is 20.5. The summed E-state index contributed by atoms with van der Waals surface area (Å²) in [5.74, 6) is -0.505. The summed E-state index contributed by atoms with van der Waals surface area (Å²) in [6.45, 7) is 5.21. The van der Waals surface area contributed by atoms with Crippen molar-refractivity contribution in [1.29, 1.82) is 0 Å². The van der Waals surface area contributed by atoms with Gasteiger partial charge < -0.3 is 25.3 Å². The molecule has 0 radical (unpaired) electrons. The van der Waals surface area contributed by atoms with Gasteiger partial charge in [0.1, 0.15) is 5.75 Å². The maximum Gasteiger partial charge on any atom is 0.251 e. The van der Waals surface area contributed by atoms with Gasteiger partial charge in [0.2, 0.25) is 5.91 Å². The number of carbonyl (C=O) groups is 3. The monoisotopic (exact) mass is 349 g/mol. The predicted molar refractivity (Wildman–Crippen MR) is 91.0 cm³/mol. The summed E-state index contributed by atoms with van der Waals surface area (Å²) in [5, 5.41) is 15.5. The van der Waals surface area contributed by atoms with Crippen molar-refractivity contribution >= 4 is 17.8 Å². The molecular weight excluding hydrogens is 324 g/mol. The van der Waals surface area contributed by atoms with Crippen molar-refractivity contribution in [2.75, 3.05) is 19.7 Å². The Kier molecular flexibility index (Phi) is 9.06. The van der Waals surface area contributed by atoms with Crippen LogP contribution in [0.5, 0.6) is 5.75 Å².